The second-order valence-electron chi connectivity index (χ2n) is 27.5. The third kappa shape index (κ3) is 80.5. The molecule has 0 bridgehead atoms. The minimum Gasteiger partial charge on any atom is -0.463 e. The number of aliphatic hydroxyl groups excluding tert-OH is 2. The SMILES string of the molecule is CC/C=C\C/C=C\C/C=C\C/C=C\C/C=C\CCCCCCCC(=O)OCC(COP(=O)(O)OCC(O)COP(=O)(O)OCC(O)COC(=O)CCCCCCCCCCCCCCCCCCC/C=C\C/C=C\C/C=C\C/C=C\CCCCC)OC(=O)CCCCCCC/C=C\C/C=C\CCCCC. The Morgan fingerprint density at radius 3 is 0.800 bits per heavy atom. The summed E-state index contributed by atoms with van der Waals surface area (Å²) in [5.41, 5.74) is 0. The fourth-order valence-corrected chi connectivity index (χ4v) is 12.6. The summed E-state index contributed by atoms with van der Waals surface area (Å²) in [5.74, 6) is -1.61. The Labute approximate surface area is 639 Å². The second-order valence-corrected chi connectivity index (χ2v) is 30.4. The van der Waals surface area contributed by atoms with E-state index < -0.39 is 91.5 Å². The van der Waals surface area contributed by atoms with Gasteiger partial charge in [0.25, 0.3) is 0 Å². The van der Waals surface area contributed by atoms with Crippen molar-refractivity contribution in [3.63, 3.8) is 0 Å². The fraction of sp³-hybridized carbons (Fsp3) is 0.713. The van der Waals surface area contributed by atoms with Crippen molar-refractivity contribution in [2.24, 2.45) is 0 Å². The summed E-state index contributed by atoms with van der Waals surface area (Å²) in [5, 5.41) is 20.7. The molecule has 0 aliphatic heterocycles. The molecule has 0 saturated heterocycles. The molecule has 0 radical (unpaired) electrons. The van der Waals surface area contributed by atoms with E-state index in [2.05, 4.69) is 154 Å². The average Bonchev–Trinajstić information content (AvgIpc) is 0.912. The van der Waals surface area contributed by atoms with Gasteiger partial charge in [-0.25, -0.2) is 9.13 Å². The van der Waals surface area contributed by atoms with E-state index in [-0.39, 0.29) is 19.3 Å². The minimum absolute atomic E-state index is 0.0814. The Bertz CT molecular complexity index is 2440. The lowest BCUT2D eigenvalue weighted by molar-refractivity contribution is -0.161. The molecule has 0 aliphatic carbocycles. The maximum Gasteiger partial charge on any atom is 0.472 e. The highest BCUT2D eigenvalue weighted by molar-refractivity contribution is 7.47. The van der Waals surface area contributed by atoms with Crippen molar-refractivity contribution >= 4 is 33.6 Å². The van der Waals surface area contributed by atoms with Gasteiger partial charge in [0.05, 0.1) is 26.4 Å². The third-order valence-electron chi connectivity index (χ3n) is 17.3. The summed E-state index contributed by atoms with van der Waals surface area (Å²) in [6.07, 6.45) is 96.5. The molecule has 0 spiro atoms. The zero-order valence-electron chi connectivity index (χ0n) is 66.1. The van der Waals surface area contributed by atoms with Crippen LogP contribution in [0.25, 0.3) is 0 Å². The third-order valence-corrected chi connectivity index (χ3v) is 19.2. The zero-order valence-corrected chi connectivity index (χ0v) is 67.9. The maximum absolute atomic E-state index is 13.0. The van der Waals surface area contributed by atoms with Gasteiger partial charge < -0.3 is 34.2 Å². The number of aliphatic hydroxyl groups is 2. The van der Waals surface area contributed by atoms with Gasteiger partial charge >= 0.3 is 33.6 Å². The standard InChI is InChI=1S/C87H150O16P2/c1-4-7-10-13-16-19-22-25-28-30-32-34-35-36-37-38-39-40-41-42-43-44-45-47-49-50-53-55-58-61-64-67-70-73-85(90)97-76-82(88)77-99-104(93,94)100-78-83(89)79-101-105(95,96)102-81-84(103-87(92)75-72-69-66-63-60-57-52-27-24-21-18-15-12-9-6-3)80-98-86(91)74-71-68-65-62-59-56-54-51-48-46-33-31-29-26-23-20-17-14-11-8-5-2/h8,11,16-21,25-29,32-34,36-37,46,51-52,54,82-84,88-89H,4-7,9-10,12-15,22-24,30-31,35,38-45,47-50,53,55-81H2,1-3H3,(H,93,94)(H,95,96)/b11-8-,19-16-,20-17-,21-18-,28-25-,29-26-,34-32-,37-36-,46-33-,52-27-,54-51-. The van der Waals surface area contributed by atoms with Crippen molar-refractivity contribution in [3.05, 3.63) is 134 Å². The Balaban J connectivity index is 4.47. The number of carbonyl (C=O) groups is 3. The largest absolute Gasteiger partial charge is 0.472 e. The van der Waals surface area contributed by atoms with E-state index >= 15 is 0 Å². The fourth-order valence-electron chi connectivity index (χ4n) is 11.0. The van der Waals surface area contributed by atoms with Crippen LogP contribution in [0.4, 0.5) is 0 Å². The first-order valence-electron chi connectivity index (χ1n) is 41.5. The van der Waals surface area contributed by atoms with Crippen LogP contribution in [0, 0.1) is 0 Å². The predicted molar refractivity (Wildman–Crippen MR) is 436 cm³/mol. The Morgan fingerprint density at radius 2 is 0.505 bits per heavy atom. The van der Waals surface area contributed by atoms with Crippen LogP contribution in [0.1, 0.15) is 342 Å². The lowest BCUT2D eigenvalue weighted by atomic mass is 10.0. The summed E-state index contributed by atoms with van der Waals surface area (Å²) in [6, 6.07) is 0. The molecule has 18 heteroatoms. The molecule has 0 aromatic rings. The van der Waals surface area contributed by atoms with Crippen LogP contribution >= 0.6 is 15.6 Å². The highest BCUT2D eigenvalue weighted by Crippen LogP contribution is 2.45. The van der Waals surface area contributed by atoms with Crippen LogP contribution in [-0.2, 0) is 55.8 Å². The molecule has 0 amide bonds. The predicted octanol–water partition coefficient (Wildman–Crippen LogP) is 24.7. The van der Waals surface area contributed by atoms with Crippen molar-refractivity contribution < 1.29 is 75.8 Å². The number of unbranched alkanes of at least 4 members (excludes halogenated alkanes) is 33. The van der Waals surface area contributed by atoms with E-state index in [9.17, 15) is 43.5 Å². The summed E-state index contributed by atoms with van der Waals surface area (Å²) in [7, 11) is -9.80. The van der Waals surface area contributed by atoms with Crippen LogP contribution in [0.5, 0.6) is 0 Å². The van der Waals surface area contributed by atoms with E-state index in [1.165, 1.54) is 135 Å². The molecule has 0 heterocycles. The summed E-state index contributed by atoms with van der Waals surface area (Å²) < 4.78 is 61.2. The monoisotopic (exact) mass is 1510 g/mol. The number of phosphoric ester groups is 2. The number of carbonyl (C=O) groups excluding carboxylic acids is 3. The highest BCUT2D eigenvalue weighted by atomic mass is 31.2. The molecule has 16 nitrogen and oxygen atoms in total. The first-order chi connectivity index (χ1) is 51.2. The number of hydrogen-bond acceptors (Lipinski definition) is 14. The van der Waals surface area contributed by atoms with Gasteiger partial charge in [0.1, 0.15) is 25.4 Å². The van der Waals surface area contributed by atoms with Crippen LogP contribution in [0.15, 0.2) is 134 Å². The average molecular weight is 1510 g/mol. The molecular weight excluding hydrogens is 1360 g/mol. The van der Waals surface area contributed by atoms with Crippen molar-refractivity contribution in [2.75, 3.05) is 39.6 Å². The van der Waals surface area contributed by atoms with Gasteiger partial charge in [0.2, 0.25) is 0 Å². The van der Waals surface area contributed by atoms with Crippen molar-refractivity contribution in [2.45, 2.75) is 360 Å². The Kier molecular flexibility index (Phi) is 76.0. The first kappa shape index (κ1) is 101. The van der Waals surface area contributed by atoms with E-state index in [0.29, 0.717) is 19.3 Å². The number of esters is 3. The summed E-state index contributed by atoms with van der Waals surface area (Å²) >= 11 is 0. The maximum atomic E-state index is 13.0. The quantitative estimate of drug-likeness (QED) is 0.0146. The van der Waals surface area contributed by atoms with Crippen LogP contribution in [-0.4, -0.2) is 95.9 Å². The van der Waals surface area contributed by atoms with E-state index in [4.69, 9.17) is 32.3 Å². The molecule has 0 aliphatic rings. The van der Waals surface area contributed by atoms with Crippen molar-refractivity contribution in [3.8, 4) is 0 Å². The van der Waals surface area contributed by atoms with Gasteiger partial charge in [-0.1, -0.05) is 315 Å². The summed E-state index contributed by atoms with van der Waals surface area (Å²) in [4.78, 5) is 58.7. The normalized spacial score (nSPS) is 14.6. The van der Waals surface area contributed by atoms with Crippen LogP contribution in [0.2, 0.25) is 0 Å². The topological polar surface area (TPSA) is 231 Å². The highest BCUT2D eigenvalue weighted by Gasteiger charge is 2.29. The van der Waals surface area contributed by atoms with Gasteiger partial charge in [0, 0.05) is 19.3 Å². The number of hydrogen-bond donors (Lipinski definition) is 4. The van der Waals surface area contributed by atoms with Gasteiger partial charge in [-0.3, -0.25) is 32.5 Å². The van der Waals surface area contributed by atoms with Crippen molar-refractivity contribution in [1.29, 1.82) is 0 Å². The Morgan fingerprint density at radius 1 is 0.276 bits per heavy atom. The molecule has 0 aromatic heterocycles. The number of phosphoric acid groups is 2. The van der Waals surface area contributed by atoms with E-state index in [1.807, 2.05) is 0 Å². The lowest BCUT2D eigenvalue weighted by Crippen LogP contribution is -2.30. The Hall–Kier alpha value is -4.31. The van der Waals surface area contributed by atoms with Crippen molar-refractivity contribution in [1.82, 2.24) is 0 Å². The second kappa shape index (κ2) is 79.2. The molecule has 105 heavy (non-hydrogen) atoms. The zero-order chi connectivity index (χ0) is 76.6. The molecule has 4 N–H and O–H groups in total. The molecular formula is C87H150O16P2. The summed E-state index contributed by atoms with van der Waals surface area (Å²) in [6.45, 7) is 2.49. The van der Waals surface area contributed by atoms with E-state index in [1.54, 1.807) is 0 Å². The number of allylic oxidation sites excluding steroid dienone is 22. The molecule has 5 unspecified atom stereocenters. The van der Waals surface area contributed by atoms with Gasteiger partial charge in [0.15, 0.2) is 6.10 Å². The smallest absolute Gasteiger partial charge is 0.463 e. The van der Waals surface area contributed by atoms with Crippen LogP contribution in [0.3, 0.4) is 0 Å². The lowest BCUT2D eigenvalue weighted by Gasteiger charge is -2.21. The van der Waals surface area contributed by atoms with Gasteiger partial charge in [-0.05, 0) is 141 Å². The molecule has 0 fully saturated rings. The van der Waals surface area contributed by atoms with Gasteiger partial charge in [-0.15, -0.1) is 0 Å². The molecule has 604 valence electrons. The van der Waals surface area contributed by atoms with Crippen LogP contribution < -0.4 is 0 Å². The molecule has 5 atom stereocenters. The van der Waals surface area contributed by atoms with Gasteiger partial charge in [-0.2, -0.15) is 0 Å². The number of ether oxygens (including phenoxy) is 3. The molecule has 0 rings (SSSR count). The number of rotatable bonds is 78. The molecule has 0 aromatic carbocycles. The minimum atomic E-state index is -4.94. The first-order valence-corrected chi connectivity index (χ1v) is 44.5. The molecule has 0 saturated carbocycles. The van der Waals surface area contributed by atoms with E-state index in [0.717, 1.165) is 148 Å².